The molecule has 0 bridgehead atoms. The molecule has 0 aliphatic rings. The average molecular weight is 600 g/mol. The zero-order chi connectivity index (χ0) is 25.1. The Morgan fingerprint density at radius 2 is 1.15 bits per heavy atom. The van der Waals surface area contributed by atoms with Crippen molar-refractivity contribution in [2.45, 2.75) is 50.4 Å². The SMILES string of the molecule is COC(=O)CCCC(F)(F)c1ccc(Br)cc1.O=C(O)CCCC(F)(F)c1ccc(Br)cc1. The highest BCUT2D eigenvalue weighted by Gasteiger charge is 2.31. The number of alkyl halides is 4. The number of hydrogen-bond acceptors (Lipinski definition) is 3. The van der Waals surface area contributed by atoms with Crippen molar-refractivity contribution in [1.29, 1.82) is 0 Å². The fourth-order valence-corrected chi connectivity index (χ4v) is 3.22. The molecule has 0 aliphatic heterocycles. The van der Waals surface area contributed by atoms with Crippen LogP contribution in [-0.2, 0) is 26.2 Å². The van der Waals surface area contributed by atoms with Crippen LogP contribution in [0, 0.1) is 0 Å². The van der Waals surface area contributed by atoms with Gasteiger partial charge in [0.25, 0.3) is 11.8 Å². The predicted octanol–water partition coefficient (Wildman–Crippen LogP) is 7.68. The molecule has 0 saturated carbocycles. The zero-order valence-electron chi connectivity index (χ0n) is 17.8. The summed E-state index contributed by atoms with van der Waals surface area (Å²) in [6, 6.07) is 11.7. The summed E-state index contributed by atoms with van der Waals surface area (Å²) in [5.74, 6) is -7.38. The van der Waals surface area contributed by atoms with Crippen molar-refractivity contribution < 1.29 is 37.0 Å². The van der Waals surface area contributed by atoms with Gasteiger partial charge in [-0.25, -0.2) is 17.6 Å². The van der Waals surface area contributed by atoms with Crippen LogP contribution >= 0.6 is 31.9 Å². The van der Waals surface area contributed by atoms with E-state index < -0.39 is 30.2 Å². The molecule has 33 heavy (non-hydrogen) atoms. The van der Waals surface area contributed by atoms with Gasteiger partial charge >= 0.3 is 11.9 Å². The molecule has 0 aliphatic carbocycles. The van der Waals surface area contributed by atoms with E-state index in [2.05, 4.69) is 36.6 Å². The first-order chi connectivity index (χ1) is 15.4. The van der Waals surface area contributed by atoms with Crippen LogP contribution in [0.1, 0.15) is 49.7 Å². The fourth-order valence-electron chi connectivity index (χ4n) is 2.69. The first kappa shape index (κ1) is 29.1. The topological polar surface area (TPSA) is 63.6 Å². The van der Waals surface area contributed by atoms with Crippen molar-refractivity contribution >= 4 is 43.8 Å². The smallest absolute Gasteiger partial charge is 0.305 e. The molecule has 1 N–H and O–H groups in total. The van der Waals surface area contributed by atoms with E-state index in [9.17, 15) is 27.2 Å². The van der Waals surface area contributed by atoms with E-state index in [1.807, 2.05) is 0 Å². The number of carbonyl (C=O) groups excluding carboxylic acids is 1. The maximum absolute atomic E-state index is 13.7. The second kappa shape index (κ2) is 13.7. The van der Waals surface area contributed by atoms with E-state index in [4.69, 9.17) is 5.11 Å². The molecule has 0 radical (unpaired) electrons. The highest BCUT2D eigenvalue weighted by Crippen LogP contribution is 2.34. The first-order valence-corrected chi connectivity index (χ1v) is 11.5. The van der Waals surface area contributed by atoms with Gasteiger partial charge in [0.15, 0.2) is 0 Å². The lowest BCUT2D eigenvalue weighted by Gasteiger charge is -2.16. The van der Waals surface area contributed by atoms with Crippen LogP contribution in [0.2, 0.25) is 0 Å². The summed E-state index contributed by atoms with van der Waals surface area (Å²) in [5, 5.41) is 8.37. The molecule has 0 amide bonds. The molecule has 0 spiro atoms. The monoisotopic (exact) mass is 598 g/mol. The average Bonchev–Trinajstić information content (AvgIpc) is 2.74. The summed E-state index contributed by atoms with van der Waals surface area (Å²) >= 11 is 6.35. The molecule has 0 aromatic heterocycles. The van der Waals surface area contributed by atoms with Gasteiger partial charge in [0, 0.05) is 45.8 Å². The Morgan fingerprint density at radius 1 is 0.788 bits per heavy atom. The number of carbonyl (C=O) groups is 2. The predicted molar refractivity (Wildman–Crippen MR) is 123 cm³/mol. The van der Waals surface area contributed by atoms with Crippen LogP contribution in [0.15, 0.2) is 57.5 Å². The molecule has 0 saturated heterocycles. The van der Waals surface area contributed by atoms with E-state index in [-0.39, 0.29) is 43.2 Å². The molecule has 10 heteroatoms. The molecule has 0 fully saturated rings. The van der Waals surface area contributed by atoms with Gasteiger partial charge in [-0.2, -0.15) is 0 Å². The highest BCUT2D eigenvalue weighted by molar-refractivity contribution is 9.10. The van der Waals surface area contributed by atoms with Crippen molar-refractivity contribution in [2.24, 2.45) is 0 Å². The third-order valence-corrected chi connectivity index (χ3v) is 5.57. The molecular formula is C23H24Br2F4O4. The maximum Gasteiger partial charge on any atom is 0.305 e. The first-order valence-electron chi connectivity index (χ1n) is 9.94. The number of aliphatic carboxylic acids is 1. The van der Waals surface area contributed by atoms with Crippen LogP contribution in [0.3, 0.4) is 0 Å². The lowest BCUT2D eigenvalue weighted by Crippen LogP contribution is -2.14. The number of methoxy groups -OCH3 is 1. The normalized spacial score (nSPS) is 11.4. The third-order valence-electron chi connectivity index (χ3n) is 4.51. The zero-order valence-corrected chi connectivity index (χ0v) is 21.0. The molecule has 2 rings (SSSR count). The second-order valence-electron chi connectivity index (χ2n) is 7.10. The van der Waals surface area contributed by atoms with Crippen LogP contribution in [0.4, 0.5) is 17.6 Å². The van der Waals surface area contributed by atoms with Gasteiger partial charge in [0.05, 0.1) is 7.11 Å². The number of esters is 1. The Kier molecular flexibility index (Phi) is 12.1. The largest absolute Gasteiger partial charge is 0.481 e. The summed E-state index contributed by atoms with van der Waals surface area (Å²) in [5.41, 5.74) is -0.119. The summed E-state index contributed by atoms with van der Waals surface area (Å²) in [4.78, 5) is 21.0. The molecule has 4 nitrogen and oxygen atoms in total. The lowest BCUT2D eigenvalue weighted by molar-refractivity contribution is -0.141. The van der Waals surface area contributed by atoms with Crippen molar-refractivity contribution in [3.05, 3.63) is 68.6 Å². The molecule has 0 unspecified atom stereocenters. The number of benzene rings is 2. The minimum absolute atomic E-state index is 0.0165. The van der Waals surface area contributed by atoms with Gasteiger partial charge in [0.2, 0.25) is 0 Å². The van der Waals surface area contributed by atoms with Crippen LogP contribution < -0.4 is 0 Å². The second-order valence-corrected chi connectivity index (χ2v) is 8.93. The van der Waals surface area contributed by atoms with E-state index in [0.717, 1.165) is 8.95 Å². The molecule has 182 valence electrons. The van der Waals surface area contributed by atoms with Crippen molar-refractivity contribution in [2.75, 3.05) is 7.11 Å². The summed E-state index contributed by atoms with van der Waals surface area (Å²) in [6.07, 6.45) is -0.937. The fraction of sp³-hybridized carbons (Fsp3) is 0.391. The Hall–Kier alpha value is -1.94. The van der Waals surface area contributed by atoms with Crippen molar-refractivity contribution in [1.82, 2.24) is 0 Å². The van der Waals surface area contributed by atoms with Crippen LogP contribution in [0.25, 0.3) is 0 Å². The van der Waals surface area contributed by atoms with Crippen LogP contribution in [0.5, 0.6) is 0 Å². The van der Waals surface area contributed by atoms with E-state index in [1.165, 1.54) is 31.4 Å². The number of rotatable bonds is 10. The van der Waals surface area contributed by atoms with Gasteiger partial charge in [-0.15, -0.1) is 0 Å². The number of carboxylic acids is 1. The van der Waals surface area contributed by atoms with Gasteiger partial charge in [-0.05, 0) is 37.1 Å². The lowest BCUT2D eigenvalue weighted by atomic mass is 10.0. The molecule has 0 atom stereocenters. The molecule has 0 heterocycles. The van der Waals surface area contributed by atoms with E-state index in [0.29, 0.717) is 0 Å². The van der Waals surface area contributed by atoms with Gasteiger partial charge in [-0.3, -0.25) is 9.59 Å². The van der Waals surface area contributed by atoms with Crippen molar-refractivity contribution in [3.63, 3.8) is 0 Å². The number of ether oxygens (including phenoxy) is 1. The van der Waals surface area contributed by atoms with E-state index >= 15 is 0 Å². The molecular weight excluding hydrogens is 576 g/mol. The Labute approximate surface area is 206 Å². The highest BCUT2D eigenvalue weighted by atomic mass is 79.9. The Bertz CT molecular complexity index is 888. The number of carboxylic acid groups (broad SMARTS) is 1. The van der Waals surface area contributed by atoms with Crippen LogP contribution in [-0.4, -0.2) is 24.2 Å². The van der Waals surface area contributed by atoms with Crippen molar-refractivity contribution in [3.8, 4) is 0 Å². The van der Waals surface area contributed by atoms with E-state index in [1.54, 1.807) is 24.3 Å². The Morgan fingerprint density at radius 3 is 1.48 bits per heavy atom. The number of halogens is 6. The molecule has 2 aromatic rings. The van der Waals surface area contributed by atoms with Gasteiger partial charge < -0.3 is 9.84 Å². The molecule has 2 aromatic carbocycles. The standard InChI is InChI=1S/C12H13BrF2O2.C11H11BrF2O2/c1-17-11(16)3-2-8-12(14,15)9-4-6-10(13)7-5-9;12-9-5-3-8(4-6-9)11(13,14)7-1-2-10(15)16/h4-7H,2-3,8H2,1H3;3-6H,1-2,7H2,(H,15,16). The summed E-state index contributed by atoms with van der Waals surface area (Å²) in [6.45, 7) is 0. The minimum Gasteiger partial charge on any atom is -0.481 e. The summed E-state index contributed by atoms with van der Waals surface area (Å²) < 4.78 is 60.3. The van der Waals surface area contributed by atoms with Gasteiger partial charge in [-0.1, -0.05) is 56.1 Å². The maximum atomic E-state index is 13.7. The Balaban J connectivity index is 0.000000331. The summed E-state index contributed by atoms with van der Waals surface area (Å²) in [7, 11) is 1.25. The number of hydrogen-bond donors (Lipinski definition) is 1. The van der Waals surface area contributed by atoms with Gasteiger partial charge in [0.1, 0.15) is 0 Å². The quantitative estimate of drug-likeness (QED) is 0.225. The third kappa shape index (κ3) is 11.2. The minimum atomic E-state index is -2.96.